The molecule has 4 heterocycles. The summed E-state index contributed by atoms with van der Waals surface area (Å²) in [4.78, 5) is 46.4. The number of carbonyl (C=O) groups is 2. The van der Waals surface area contributed by atoms with Crippen LogP contribution in [0.1, 0.15) is 51.3 Å². The molecule has 3 saturated carbocycles. The van der Waals surface area contributed by atoms with E-state index >= 15 is 4.39 Å². The second-order valence-electron chi connectivity index (χ2n) is 12.3. The molecule has 0 radical (unpaired) electrons. The molecule has 4 aromatic rings. The van der Waals surface area contributed by atoms with Crippen molar-refractivity contribution in [2.24, 2.45) is 23.2 Å². The molecule has 0 saturated heterocycles. The van der Waals surface area contributed by atoms with E-state index in [1.54, 1.807) is 39.1 Å². The lowest BCUT2D eigenvalue weighted by molar-refractivity contribution is -0.166. The Morgan fingerprint density at radius 3 is 2.64 bits per heavy atom. The number of esters is 1. The molecule has 14 heteroatoms. The first-order chi connectivity index (χ1) is 21.0. The van der Waals surface area contributed by atoms with Crippen molar-refractivity contribution in [1.82, 2.24) is 24.9 Å². The van der Waals surface area contributed by atoms with Crippen molar-refractivity contribution < 1.29 is 28.6 Å². The molecular weight excluding hydrogens is 611 g/mol. The van der Waals surface area contributed by atoms with Crippen LogP contribution in [0.3, 0.4) is 0 Å². The average Bonchev–Trinajstić information content (AvgIpc) is 3.63. The minimum atomic E-state index is -0.885. The fraction of sp³-hybridized carbons (Fsp3) is 0.467. The van der Waals surface area contributed by atoms with Crippen molar-refractivity contribution in [3.63, 3.8) is 0 Å². The van der Waals surface area contributed by atoms with Gasteiger partial charge in [-0.05, 0) is 70.4 Å². The van der Waals surface area contributed by atoms with Gasteiger partial charge in [0.1, 0.15) is 16.4 Å². The van der Waals surface area contributed by atoms with Crippen molar-refractivity contribution in [2.75, 3.05) is 12.1 Å². The van der Waals surface area contributed by atoms with Crippen molar-refractivity contribution in [1.29, 1.82) is 0 Å². The van der Waals surface area contributed by atoms with Crippen molar-refractivity contribution in [3.8, 4) is 22.0 Å². The number of anilines is 1. The molecule has 44 heavy (non-hydrogen) atoms. The van der Waals surface area contributed by atoms with Crippen LogP contribution in [0.15, 0.2) is 24.5 Å². The number of aliphatic carboxylic acids is 1. The molecule has 2 atom stereocenters. The Morgan fingerprint density at radius 2 is 1.91 bits per heavy atom. The first-order valence-electron chi connectivity index (χ1n) is 14.4. The summed E-state index contributed by atoms with van der Waals surface area (Å²) in [5, 5.41) is 13.5. The summed E-state index contributed by atoms with van der Waals surface area (Å²) in [6, 6.07) is 3.06. The Morgan fingerprint density at radius 1 is 1.16 bits per heavy atom. The Labute approximate surface area is 261 Å². The normalized spacial score (nSPS) is 21.5. The van der Waals surface area contributed by atoms with E-state index in [1.165, 1.54) is 17.5 Å². The summed E-state index contributed by atoms with van der Waals surface area (Å²) >= 11 is 7.40. The van der Waals surface area contributed by atoms with Gasteiger partial charge in [0.2, 0.25) is 0 Å². The third kappa shape index (κ3) is 6.00. The predicted molar refractivity (Wildman–Crippen MR) is 162 cm³/mol. The van der Waals surface area contributed by atoms with Crippen LogP contribution in [-0.4, -0.2) is 54.8 Å². The topological polar surface area (TPSA) is 152 Å². The highest BCUT2D eigenvalue weighted by Gasteiger charge is 2.47. The van der Waals surface area contributed by atoms with Gasteiger partial charge in [0, 0.05) is 17.1 Å². The number of carboxylic acids is 1. The van der Waals surface area contributed by atoms with Crippen LogP contribution < -0.4 is 5.32 Å². The van der Waals surface area contributed by atoms with Gasteiger partial charge in [0.25, 0.3) is 0 Å². The Balaban J connectivity index is 1.34. The number of nitrogens with zero attached hydrogens (tertiary/aromatic N) is 4. The zero-order valence-corrected chi connectivity index (χ0v) is 26.0. The third-order valence-corrected chi connectivity index (χ3v) is 9.52. The number of ether oxygens (including phenoxy) is 2. The smallest absolute Gasteiger partial charge is 0.313 e. The number of carboxylic acid groups (broad SMARTS) is 1. The highest BCUT2D eigenvalue weighted by atomic mass is 35.5. The number of H-pyrrole nitrogens is 1. The highest BCUT2D eigenvalue weighted by Crippen LogP contribution is 2.47. The van der Waals surface area contributed by atoms with E-state index in [2.05, 4.69) is 30.2 Å². The van der Waals surface area contributed by atoms with Crippen LogP contribution in [0.4, 0.5) is 10.2 Å². The molecule has 0 amide bonds. The van der Waals surface area contributed by atoms with E-state index in [-0.39, 0.29) is 53.7 Å². The molecule has 0 aromatic carbocycles. The summed E-state index contributed by atoms with van der Waals surface area (Å²) in [5.41, 5.74) is 0.763. The van der Waals surface area contributed by atoms with Crippen LogP contribution in [0.25, 0.3) is 33.1 Å². The molecule has 3 N–H and O–H groups in total. The molecular formula is C30H32ClFN6O5S. The van der Waals surface area contributed by atoms with Gasteiger partial charge in [-0.15, -0.1) is 11.3 Å². The number of nitrogens with one attached hydrogen (secondary N) is 2. The van der Waals surface area contributed by atoms with Gasteiger partial charge >= 0.3 is 11.9 Å². The van der Waals surface area contributed by atoms with Gasteiger partial charge in [-0.2, -0.15) is 0 Å². The van der Waals surface area contributed by atoms with Crippen LogP contribution in [0.2, 0.25) is 5.15 Å². The Bertz CT molecular complexity index is 1710. The molecule has 3 aliphatic carbocycles. The molecule has 4 aromatic heterocycles. The van der Waals surface area contributed by atoms with Gasteiger partial charge in [0.05, 0.1) is 34.6 Å². The van der Waals surface area contributed by atoms with Crippen molar-refractivity contribution in [2.45, 2.75) is 59.1 Å². The summed E-state index contributed by atoms with van der Waals surface area (Å²) < 4.78 is 27.0. The number of aromatic amines is 1. The Hall–Kier alpha value is -3.68. The predicted octanol–water partition coefficient (Wildman–Crippen LogP) is 6.30. The van der Waals surface area contributed by atoms with E-state index in [1.807, 2.05) is 0 Å². The molecule has 7 rings (SSSR count). The number of thiophene rings is 1. The lowest BCUT2D eigenvalue weighted by Gasteiger charge is -2.47. The van der Waals surface area contributed by atoms with Crippen LogP contribution in [-0.2, 0) is 25.7 Å². The van der Waals surface area contributed by atoms with E-state index in [4.69, 9.17) is 21.1 Å². The van der Waals surface area contributed by atoms with Crippen LogP contribution in [0.5, 0.6) is 0 Å². The first-order valence-corrected chi connectivity index (χ1v) is 15.6. The molecule has 3 aliphatic rings. The van der Waals surface area contributed by atoms with E-state index in [0.717, 1.165) is 30.6 Å². The monoisotopic (exact) mass is 642 g/mol. The quantitative estimate of drug-likeness (QED) is 0.108. The molecule has 0 unspecified atom stereocenters. The highest BCUT2D eigenvalue weighted by molar-refractivity contribution is 7.15. The molecule has 0 aliphatic heterocycles. The van der Waals surface area contributed by atoms with Gasteiger partial charge in [-0.25, -0.2) is 24.3 Å². The summed E-state index contributed by atoms with van der Waals surface area (Å²) in [6.45, 7) is 5.21. The van der Waals surface area contributed by atoms with Gasteiger partial charge in [0.15, 0.2) is 29.9 Å². The fourth-order valence-electron chi connectivity index (χ4n) is 6.07. The lowest BCUT2D eigenvalue weighted by atomic mass is 9.61. The number of aromatic nitrogens is 5. The second kappa shape index (κ2) is 12.0. The fourth-order valence-corrected chi connectivity index (χ4v) is 7.14. The number of rotatable bonds is 9. The minimum Gasteiger partial charge on any atom is -0.481 e. The molecule has 2 bridgehead atoms. The van der Waals surface area contributed by atoms with E-state index in [9.17, 15) is 14.7 Å². The SMILES string of the molecule is CC(C)(C)C(=O)OCOCc1ccc(-c2nc(-c3c[nH]c4ncc(Cl)nc34)nc(N[C@H]3C4CCC(CC4)[C@@H]3C(=O)O)c2F)s1. The number of hydrogen-bond donors (Lipinski definition) is 3. The second-order valence-corrected chi connectivity index (χ2v) is 13.8. The molecule has 3 fully saturated rings. The maximum Gasteiger partial charge on any atom is 0.313 e. The van der Waals surface area contributed by atoms with Gasteiger partial charge in [-0.3, -0.25) is 9.59 Å². The zero-order chi connectivity index (χ0) is 31.2. The minimum absolute atomic E-state index is 0.0346. The average molecular weight is 643 g/mol. The Kier molecular flexibility index (Phi) is 8.29. The standard InChI is InChI=1S/C30H32ClFN6O5S/c1-30(2,3)29(41)43-13-42-12-16-8-9-18(44-16)24-21(32)26(36-22-15-6-4-14(5-7-15)20(22)28(39)40)38-25(37-24)17-10-33-27-23(17)35-19(31)11-34-27/h8-11,14-15,20,22H,4-7,12-13H2,1-3H3,(H,33,34)(H,39,40)(H,36,37,38)/t14?,15?,20-,22-/m0/s1. The number of halogens is 2. The van der Waals surface area contributed by atoms with Gasteiger partial charge < -0.3 is 24.9 Å². The molecule has 11 nitrogen and oxygen atoms in total. The number of carbonyl (C=O) groups excluding carboxylic acids is 1. The summed E-state index contributed by atoms with van der Waals surface area (Å²) in [7, 11) is 0. The molecule has 0 spiro atoms. The van der Waals surface area contributed by atoms with Crippen molar-refractivity contribution >= 4 is 51.9 Å². The van der Waals surface area contributed by atoms with Crippen LogP contribution in [0, 0.1) is 29.0 Å². The van der Waals surface area contributed by atoms with Gasteiger partial charge in [-0.1, -0.05) is 11.6 Å². The van der Waals surface area contributed by atoms with E-state index in [0.29, 0.717) is 21.6 Å². The summed E-state index contributed by atoms with van der Waals surface area (Å²) in [5.74, 6) is -2.34. The van der Waals surface area contributed by atoms with Crippen LogP contribution >= 0.6 is 22.9 Å². The summed E-state index contributed by atoms with van der Waals surface area (Å²) in [6.07, 6.45) is 6.52. The van der Waals surface area contributed by atoms with Crippen molar-refractivity contribution in [3.05, 3.63) is 40.4 Å². The maximum absolute atomic E-state index is 16.3. The third-order valence-electron chi connectivity index (χ3n) is 8.28. The zero-order valence-electron chi connectivity index (χ0n) is 24.4. The lowest BCUT2D eigenvalue weighted by Crippen LogP contribution is -2.51. The maximum atomic E-state index is 16.3. The number of fused-ring (bicyclic) bond motifs is 4. The first kappa shape index (κ1) is 30.4. The number of hydrogen-bond acceptors (Lipinski definition) is 10. The largest absolute Gasteiger partial charge is 0.481 e. The molecule has 232 valence electrons. The van der Waals surface area contributed by atoms with E-state index < -0.39 is 29.2 Å².